The Labute approximate surface area is 115 Å². The highest BCUT2D eigenvalue weighted by Gasteiger charge is 2.20. The molecule has 0 aliphatic rings. The van der Waals surface area contributed by atoms with E-state index < -0.39 is 10.0 Å². The molecular formula is C11H15N3O3S2. The number of sulfonamides is 1. The summed E-state index contributed by atoms with van der Waals surface area (Å²) >= 11 is 1.47. The lowest BCUT2D eigenvalue weighted by atomic mass is 10.4. The highest BCUT2D eigenvalue weighted by molar-refractivity contribution is 7.89. The largest absolute Gasteiger partial charge is 0.360 e. The van der Waals surface area contributed by atoms with E-state index in [1.165, 1.54) is 17.5 Å². The number of aromatic nitrogens is 1. The zero-order valence-electron chi connectivity index (χ0n) is 10.6. The van der Waals surface area contributed by atoms with Crippen LogP contribution in [0.3, 0.4) is 0 Å². The topological polar surface area (TPSA) is 84.2 Å². The van der Waals surface area contributed by atoms with Gasteiger partial charge in [-0.1, -0.05) is 5.16 Å². The molecule has 6 nitrogen and oxygen atoms in total. The van der Waals surface area contributed by atoms with Crippen molar-refractivity contribution in [2.75, 3.05) is 7.05 Å². The van der Waals surface area contributed by atoms with Crippen LogP contribution < -0.4 is 10.0 Å². The average Bonchev–Trinajstić information content (AvgIpc) is 2.97. The molecule has 0 amide bonds. The average molecular weight is 301 g/mol. The quantitative estimate of drug-likeness (QED) is 0.838. The van der Waals surface area contributed by atoms with Crippen LogP contribution >= 0.6 is 11.3 Å². The first-order chi connectivity index (χ1) is 9.03. The van der Waals surface area contributed by atoms with Gasteiger partial charge in [0.2, 0.25) is 10.0 Å². The minimum absolute atomic E-state index is 0.0962. The Bertz CT molecular complexity index is 632. The number of nitrogens with zero attached hydrogens (tertiary/aromatic N) is 1. The predicted octanol–water partition coefficient (Wildman–Crippen LogP) is 1.24. The highest BCUT2D eigenvalue weighted by Crippen LogP contribution is 2.25. The van der Waals surface area contributed by atoms with E-state index in [-0.39, 0.29) is 6.54 Å². The van der Waals surface area contributed by atoms with E-state index >= 15 is 0 Å². The van der Waals surface area contributed by atoms with E-state index in [9.17, 15) is 8.42 Å². The Morgan fingerprint density at radius 3 is 2.84 bits per heavy atom. The van der Waals surface area contributed by atoms with E-state index in [1.807, 2.05) is 7.05 Å². The normalized spacial score (nSPS) is 11.9. The van der Waals surface area contributed by atoms with Crippen molar-refractivity contribution in [3.63, 3.8) is 0 Å². The first kappa shape index (κ1) is 14.2. The Kier molecular flexibility index (Phi) is 4.35. The van der Waals surface area contributed by atoms with Gasteiger partial charge in [-0.3, -0.25) is 0 Å². The fraction of sp³-hybridized carbons (Fsp3) is 0.364. The van der Waals surface area contributed by atoms with Crippen LogP contribution in [0.2, 0.25) is 0 Å². The number of aryl methyl sites for hydroxylation is 1. The fourth-order valence-corrected chi connectivity index (χ4v) is 4.27. The summed E-state index contributed by atoms with van der Waals surface area (Å²) in [6.07, 6.45) is 1.48. The summed E-state index contributed by atoms with van der Waals surface area (Å²) in [5.41, 5.74) is 0. The highest BCUT2D eigenvalue weighted by atomic mass is 32.2. The van der Waals surface area contributed by atoms with E-state index in [4.69, 9.17) is 4.52 Å². The molecule has 2 aromatic rings. The molecule has 0 aliphatic carbocycles. The first-order valence-corrected chi connectivity index (χ1v) is 7.96. The van der Waals surface area contributed by atoms with Gasteiger partial charge >= 0.3 is 0 Å². The van der Waals surface area contributed by atoms with Crippen molar-refractivity contribution < 1.29 is 12.9 Å². The Hall–Kier alpha value is -1.22. The van der Waals surface area contributed by atoms with Gasteiger partial charge < -0.3 is 9.84 Å². The van der Waals surface area contributed by atoms with Crippen molar-refractivity contribution in [3.8, 4) is 0 Å². The zero-order valence-corrected chi connectivity index (χ0v) is 12.3. The lowest BCUT2D eigenvalue weighted by Crippen LogP contribution is -2.23. The lowest BCUT2D eigenvalue weighted by Gasteiger charge is -2.03. The molecule has 0 aromatic carbocycles. The van der Waals surface area contributed by atoms with Crippen molar-refractivity contribution in [2.24, 2.45) is 0 Å². The number of rotatable bonds is 6. The number of hydrogen-bond donors (Lipinski definition) is 2. The standard InChI is InChI=1S/C11H15N3O3S2/c1-8-11(5-10(18-8)7-12-2)19(15,16)14-6-9-3-4-13-17-9/h3-5,12,14H,6-7H2,1-2H3. The molecule has 0 saturated carbocycles. The van der Waals surface area contributed by atoms with Crippen LogP contribution in [0.1, 0.15) is 15.5 Å². The van der Waals surface area contributed by atoms with E-state index in [0.717, 1.165) is 9.75 Å². The van der Waals surface area contributed by atoms with Crippen LogP contribution in [0, 0.1) is 6.92 Å². The molecule has 2 rings (SSSR count). The minimum Gasteiger partial charge on any atom is -0.360 e. The van der Waals surface area contributed by atoms with Gasteiger partial charge in [0.25, 0.3) is 0 Å². The van der Waals surface area contributed by atoms with Crippen LogP contribution in [-0.4, -0.2) is 20.6 Å². The maximum absolute atomic E-state index is 12.2. The molecule has 0 aliphatic heterocycles. The second-order valence-electron chi connectivity index (χ2n) is 3.97. The molecule has 2 N–H and O–H groups in total. The van der Waals surface area contributed by atoms with Crippen LogP contribution in [0.15, 0.2) is 27.7 Å². The summed E-state index contributed by atoms with van der Waals surface area (Å²) in [6.45, 7) is 2.55. The maximum Gasteiger partial charge on any atom is 0.242 e. The van der Waals surface area contributed by atoms with E-state index in [0.29, 0.717) is 17.2 Å². The SMILES string of the molecule is CNCc1cc(S(=O)(=O)NCc2ccno2)c(C)s1. The van der Waals surface area contributed by atoms with Crippen molar-refractivity contribution in [3.05, 3.63) is 33.8 Å². The van der Waals surface area contributed by atoms with E-state index in [1.54, 1.807) is 19.1 Å². The smallest absolute Gasteiger partial charge is 0.242 e. The van der Waals surface area contributed by atoms with Crippen LogP contribution in [0.4, 0.5) is 0 Å². The van der Waals surface area contributed by atoms with Gasteiger partial charge in [-0.05, 0) is 20.0 Å². The molecule has 0 atom stereocenters. The van der Waals surface area contributed by atoms with Crippen molar-refractivity contribution in [1.29, 1.82) is 0 Å². The van der Waals surface area contributed by atoms with Crippen LogP contribution in [0.25, 0.3) is 0 Å². The second kappa shape index (κ2) is 5.83. The number of nitrogens with one attached hydrogen (secondary N) is 2. The molecule has 0 bridgehead atoms. The molecular weight excluding hydrogens is 286 g/mol. The summed E-state index contributed by atoms with van der Waals surface area (Å²) in [4.78, 5) is 2.08. The van der Waals surface area contributed by atoms with Crippen molar-refractivity contribution in [1.82, 2.24) is 15.2 Å². The van der Waals surface area contributed by atoms with Gasteiger partial charge in [0.15, 0.2) is 5.76 Å². The molecule has 2 aromatic heterocycles. The number of thiophene rings is 1. The first-order valence-electron chi connectivity index (χ1n) is 5.66. The Morgan fingerprint density at radius 1 is 1.42 bits per heavy atom. The zero-order chi connectivity index (χ0) is 13.9. The molecule has 0 saturated heterocycles. The number of hydrogen-bond acceptors (Lipinski definition) is 6. The molecule has 104 valence electrons. The monoisotopic (exact) mass is 301 g/mol. The van der Waals surface area contributed by atoms with Gasteiger partial charge in [-0.25, -0.2) is 13.1 Å². The fourth-order valence-electron chi connectivity index (χ4n) is 1.63. The molecule has 19 heavy (non-hydrogen) atoms. The summed E-state index contributed by atoms with van der Waals surface area (Å²) in [7, 11) is -1.69. The van der Waals surface area contributed by atoms with Gasteiger partial charge in [0.05, 0.1) is 17.6 Å². The Balaban J connectivity index is 2.14. The summed E-state index contributed by atoms with van der Waals surface area (Å²) in [6, 6.07) is 3.31. The summed E-state index contributed by atoms with van der Waals surface area (Å²) in [5, 5.41) is 6.53. The molecule has 0 unspecified atom stereocenters. The molecule has 0 radical (unpaired) electrons. The van der Waals surface area contributed by atoms with Gasteiger partial charge in [0, 0.05) is 22.4 Å². The maximum atomic E-state index is 12.2. The lowest BCUT2D eigenvalue weighted by molar-refractivity contribution is 0.380. The molecule has 0 fully saturated rings. The van der Waals surface area contributed by atoms with Crippen molar-refractivity contribution in [2.45, 2.75) is 24.9 Å². The third-order valence-electron chi connectivity index (χ3n) is 2.49. The summed E-state index contributed by atoms with van der Waals surface area (Å²) < 4.78 is 31.7. The molecule has 0 spiro atoms. The summed E-state index contributed by atoms with van der Waals surface area (Å²) in [5.74, 6) is 0.479. The van der Waals surface area contributed by atoms with Crippen molar-refractivity contribution >= 4 is 21.4 Å². The predicted molar refractivity (Wildman–Crippen MR) is 72.3 cm³/mol. The third kappa shape index (κ3) is 3.41. The van der Waals surface area contributed by atoms with E-state index in [2.05, 4.69) is 15.2 Å². The Morgan fingerprint density at radius 2 is 2.21 bits per heavy atom. The molecule has 8 heteroatoms. The van der Waals surface area contributed by atoms with Crippen LogP contribution in [0.5, 0.6) is 0 Å². The molecule has 2 heterocycles. The van der Waals surface area contributed by atoms with Gasteiger partial charge in [0.1, 0.15) is 0 Å². The third-order valence-corrected chi connectivity index (χ3v) is 5.20. The minimum atomic E-state index is -3.52. The van der Waals surface area contributed by atoms with Gasteiger partial charge in [-0.2, -0.15) is 0 Å². The second-order valence-corrected chi connectivity index (χ2v) is 7.04. The van der Waals surface area contributed by atoms with Crippen LogP contribution in [-0.2, 0) is 23.1 Å². The van der Waals surface area contributed by atoms with Gasteiger partial charge in [-0.15, -0.1) is 11.3 Å².